The fourth-order valence-electron chi connectivity index (χ4n) is 1.45. The van der Waals surface area contributed by atoms with Gasteiger partial charge in [0, 0.05) is 7.05 Å². The average molecular weight is 250 g/mol. The Bertz CT molecular complexity index is 586. The van der Waals surface area contributed by atoms with E-state index in [1.807, 2.05) is 0 Å². The van der Waals surface area contributed by atoms with Crippen LogP contribution in [0.4, 0.5) is 0 Å². The van der Waals surface area contributed by atoms with E-state index in [0.717, 1.165) is 5.06 Å². The number of rotatable bonds is 2. The molecule has 8 heteroatoms. The van der Waals surface area contributed by atoms with Crippen molar-refractivity contribution in [3.05, 3.63) is 23.1 Å². The first-order valence-electron chi connectivity index (χ1n) is 4.66. The van der Waals surface area contributed by atoms with Crippen molar-refractivity contribution in [3.63, 3.8) is 0 Å². The molecule has 0 fully saturated rings. The number of halogens is 1. The fraction of sp³-hybridized carbons (Fsp3) is 0.222. The molecule has 0 atom stereocenters. The topological polar surface area (TPSA) is 59.7 Å². The van der Waals surface area contributed by atoms with Crippen molar-refractivity contribution < 1.29 is 9.63 Å². The van der Waals surface area contributed by atoms with Gasteiger partial charge >= 0.3 is 0 Å². The second kappa shape index (κ2) is 4.35. The summed E-state index contributed by atoms with van der Waals surface area (Å²) in [5.74, 6) is -0.376. The number of hydroxylamine groups is 2. The molecule has 0 spiro atoms. The Kier molecular flexibility index (Phi) is 3.04. The number of carbonyl (C=O) groups excluding carboxylic acids is 1. The van der Waals surface area contributed by atoms with Crippen LogP contribution in [0.2, 0.25) is 5.15 Å². The van der Waals surface area contributed by atoms with Crippen molar-refractivity contribution >= 4 is 36.5 Å². The normalized spacial score (nSPS) is 10.8. The van der Waals surface area contributed by atoms with Gasteiger partial charge in [-0.2, -0.15) is 5.10 Å². The van der Waals surface area contributed by atoms with Gasteiger partial charge in [-0.3, -0.25) is 9.63 Å². The molecule has 6 nitrogen and oxygen atoms in total. The van der Waals surface area contributed by atoms with Crippen molar-refractivity contribution in [1.82, 2.24) is 19.7 Å². The van der Waals surface area contributed by atoms with Gasteiger partial charge in [0.25, 0.3) is 5.91 Å². The summed E-state index contributed by atoms with van der Waals surface area (Å²) in [7, 11) is 8.60. The Morgan fingerprint density at radius 2 is 2.35 bits per heavy atom. The molecule has 0 saturated carbocycles. The number of aromatic nitrogens is 3. The largest absolute Gasteiger partial charge is 0.279 e. The molecule has 0 aliphatic rings. The van der Waals surface area contributed by atoms with E-state index in [0.29, 0.717) is 11.1 Å². The molecule has 2 radical (unpaired) electrons. The Labute approximate surface area is 103 Å². The summed E-state index contributed by atoms with van der Waals surface area (Å²) in [5.41, 5.74) is 0.954. The number of amides is 1. The van der Waals surface area contributed by atoms with Gasteiger partial charge in [-0.25, -0.2) is 14.6 Å². The molecular formula is C9H8BClN4O2. The standard InChI is InChI=1S/C9H8BClN4O2/c1-14(17-2)9(16)5-3-6(10)15-7(5)8(11)12-4-13-15/h3-4H,1-2H3. The van der Waals surface area contributed by atoms with Gasteiger partial charge in [0.05, 0.1) is 12.7 Å². The van der Waals surface area contributed by atoms with Crippen LogP contribution in [0.1, 0.15) is 10.4 Å². The highest BCUT2D eigenvalue weighted by Crippen LogP contribution is 2.18. The predicted octanol–water partition coefficient (Wildman–Crippen LogP) is -0.190. The second-order valence-electron chi connectivity index (χ2n) is 3.28. The van der Waals surface area contributed by atoms with E-state index in [1.54, 1.807) is 0 Å². The Hall–Kier alpha value is -1.60. The maximum atomic E-state index is 12.0. The van der Waals surface area contributed by atoms with Crippen LogP contribution in [0.5, 0.6) is 0 Å². The molecule has 2 aromatic rings. The maximum Gasteiger partial charge on any atom is 0.279 e. The minimum absolute atomic E-state index is 0.157. The highest BCUT2D eigenvalue weighted by Gasteiger charge is 2.20. The van der Waals surface area contributed by atoms with E-state index in [-0.39, 0.29) is 16.6 Å². The van der Waals surface area contributed by atoms with Crippen LogP contribution in [-0.4, -0.2) is 47.6 Å². The van der Waals surface area contributed by atoms with Crippen LogP contribution in [0.15, 0.2) is 12.4 Å². The molecule has 2 aromatic heterocycles. The summed E-state index contributed by atoms with van der Waals surface area (Å²) in [6, 6.07) is 1.48. The minimum atomic E-state index is -0.376. The van der Waals surface area contributed by atoms with Crippen molar-refractivity contribution in [2.45, 2.75) is 0 Å². The van der Waals surface area contributed by atoms with Gasteiger partial charge in [-0.05, 0) is 11.7 Å². The Balaban J connectivity index is 2.66. The van der Waals surface area contributed by atoms with Gasteiger partial charge < -0.3 is 0 Å². The lowest BCUT2D eigenvalue weighted by Crippen LogP contribution is -2.25. The van der Waals surface area contributed by atoms with E-state index in [2.05, 4.69) is 10.1 Å². The molecule has 0 saturated heterocycles. The SMILES string of the molecule is [B]c1cc(C(=O)N(C)OC)c2c(Cl)ncnn12. The molecule has 0 aliphatic heterocycles. The lowest BCUT2D eigenvalue weighted by atomic mass is 10.1. The zero-order chi connectivity index (χ0) is 12.6. The minimum Gasteiger partial charge on any atom is -0.274 e. The summed E-state index contributed by atoms with van der Waals surface area (Å²) in [4.78, 5) is 20.6. The van der Waals surface area contributed by atoms with E-state index in [9.17, 15) is 4.79 Å². The van der Waals surface area contributed by atoms with Crippen molar-refractivity contribution in [1.29, 1.82) is 0 Å². The molecule has 2 heterocycles. The first-order chi connectivity index (χ1) is 8.06. The number of hydrogen-bond donors (Lipinski definition) is 0. The lowest BCUT2D eigenvalue weighted by Gasteiger charge is -2.12. The smallest absolute Gasteiger partial charge is 0.274 e. The van der Waals surface area contributed by atoms with Gasteiger partial charge in [0.1, 0.15) is 19.7 Å². The number of fused-ring (bicyclic) bond motifs is 1. The van der Waals surface area contributed by atoms with E-state index >= 15 is 0 Å². The summed E-state index contributed by atoms with van der Waals surface area (Å²) >= 11 is 5.93. The van der Waals surface area contributed by atoms with Gasteiger partial charge in [-0.15, -0.1) is 0 Å². The zero-order valence-electron chi connectivity index (χ0n) is 9.22. The van der Waals surface area contributed by atoms with Crippen LogP contribution in [0.25, 0.3) is 5.52 Å². The monoisotopic (exact) mass is 250 g/mol. The fourth-order valence-corrected chi connectivity index (χ4v) is 1.67. The average Bonchev–Trinajstić information content (AvgIpc) is 2.66. The van der Waals surface area contributed by atoms with E-state index < -0.39 is 0 Å². The first-order valence-corrected chi connectivity index (χ1v) is 5.04. The molecule has 0 bridgehead atoms. The molecular weight excluding hydrogens is 242 g/mol. The van der Waals surface area contributed by atoms with Gasteiger partial charge in [0.15, 0.2) is 5.15 Å². The molecule has 0 aromatic carbocycles. The number of carbonyl (C=O) groups is 1. The molecule has 0 N–H and O–H groups in total. The van der Waals surface area contributed by atoms with Crippen molar-refractivity contribution in [2.24, 2.45) is 0 Å². The second-order valence-corrected chi connectivity index (χ2v) is 3.64. The third-order valence-corrected chi connectivity index (χ3v) is 2.60. The maximum absolute atomic E-state index is 12.0. The van der Waals surface area contributed by atoms with Crippen LogP contribution in [0.3, 0.4) is 0 Å². The van der Waals surface area contributed by atoms with Crippen molar-refractivity contribution in [3.8, 4) is 0 Å². The molecule has 0 aliphatic carbocycles. The quantitative estimate of drug-likeness (QED) is 0.547. The molecule has 0 unspecified atom stereocenters. The first kappa shape index (κ1) is 11.9. The third kappa shape index (κ3) is 1.87. The Morgan fingerprint density at radius 3 is 3.00 bits per heavy atom. The van der Waals surface area contributed by atoms with Gasteiger partial charge in [-0.1, -0.05) is 11.6 Å². The van der Waals surface area contributed by atoms with Gasteiger partial charge in [0.2, 0.25) is 0 Å². The summed E-state index contributed by atoms with van der Waals surface area (Å²) in [6.07, 6.45) is 1.26. The summed E-state index contributed by atoms with van der Waals surface area (Å²) in [5, 5.41) is 5.14. The van der Waals surface area contributed by atoms with Crippen LogP contribution in [-0.2, 0) is 4.84 Å². The predicted molar refractivity (Wildman–Crippen MR) is 62.5 cm³/mol. The number of hydrogen-bond acceptors (Lipinski definition) is 4. The van der Waals surface area contributed by atoms with Crippen LogP contribution < -0.4 is 5.59 Å². The molecule has 86 valence electrons. The Morgan fingerprint density at radius 1 is 1.65 bits per heavy atom. The summed E-state index contributed by atoms with van der Waals surface area (Å²) < 4.78 is 1.35. The molecule has 1 amide bonds. The number of nitrogens with zero attached hydrogens (tertiary/aromatic N) is 4. The van der Waals surface area contributed by atoms with Crippen LogP contribution in [0, 0.1) is 0 Å². The van der Waals surface area contributed by atoms with Crippen molar-refractivity contribution in [2.75, 3.05) is 14.2 Å². The molecule has 17 heavy (non-hydrogen) atoms. The molecule has 2 rings (SSSR count). The lowest BCUT2D eigenvalue weighted by molar-refractivity contribution is -0.0755. The highest BCUT2D eigenvalue weighted by atomic mass is 35.5. The zero-order valence-corrected chi connectivity index (χ0v) is 9.97. The van der Waals surface area contributed by atoms with Crippen LogP contribution >= 0.6 is 11.6 Å². The third-order valence-electron chi connectivity index (χ3n) is 2.33. The van der Waals surface area contributed by atoms with E-state index in [4.69, 9.17) is 24.3 Å². The summed E-state index contributed by atoms with van der Waals surface area (Å²) in [6.45, 7) is 0. The highest BCUT2D eigenvalue weighted by molar-refractivity contribution is 6.36. The van der Waals surface area contributed by atoms with E-state index in [1.165, 1.54) is 31.1 Å².